The molecule has 3 aromatic rings. The molecule has 21 heavy (non-hydrogen) atoms. The fourth-order valence-electron chi connectivity index (χ4n) is 2.83. The van der Waals surface area contributed by atoms with Crippen molar-refractivity contribution in [1.82, 2.24) is 24.7 Å². The molecule has 4 rings (SSSR count). The van der Waals surface area contributed by atoms with Crippen molar-refractivity contribution in [2.75, 3.05) is 5.32 Å². The lowest BCUT2D eigenvalue weighted by Crippen LogP contribution is -2.18. The summed E-state index contributed by atoms with van der Waals surface area (Å²) in [5.41, 5.74) is 0. The van der Waals surface area contributed by atoms with Crippen LogP contribution in [-0.2, 0) is 13.0 Å². The molecule has 0 amide bonds. The van der Waals surface area contributed by atoms with Crippen LogP contribution in [0.15, 0.2) is 17.8 Å². The lowest BCUT2D eigenvalue weighted by atomic mass is 10.1. The molecule has 1 unspecified atom stereocenters. The second-order valence-electron chi connectivity index (χ2n) is 5.31. The van der Waals surface area contributed by atoms with E-state index in [9.17, 15) is 0 Å². The van der Waals surface area contributed by atoms with Gasteiger partial charge < -0.3 is 9.88 Å². The molecule has 1 aliphatic heterocycles. The van der Waals surface area contributed by atoms with E-state index in [1.54, 1.807) is 17.7 Å². The molecular formula is C14H16N6S. The molecule has 1 atom stereocenters. The zero-order chi connectivity index (χ0) is 14.2. The summed E-state index contributed by atoms with van der Waals surface area (Å²) in [4.78, 5) is 9.65. The summed E-state index contributed by atoms with van der Waals surface area (Å²) >= 11 is 1.62. The van der Waals surface area contributed by atoms with Gasteiger partial charge in [-0.1, -0.05) is 0 Å². The highest BCUT2D eigenvalue weighted by atomic mass is 32.1. The fourth-order valence-corrected chi connectivity index (χ4v) is 3.56. The van der Waals surface area contributed by atoms with Crippen LogP contribution >= 0.6 is 11.3 Å². The average molecular weight is 300 g/mol. The van der Waals surface area contributed by atoms with Gasteiger partial charge in [0.1, 0.15) is 22.8 Å². The summed E-state index contributed by atoms with van der Waals surface area (Å²) in [6.07, 6.45) is 5.05. The van der Waals surface area contributed by atoms with Gasteiger partial charge >= 0.3 is 0 Å². The third-order valence-electron chi connectivity index (χ3n) is 3.89. The van der Waals surface area contributed by atoms with E-state index in [-0.39, 0.29) is 6.04 Å². The van der Waals surface area contributed by atoms with E-state index >= 15 is 0 Å². The van der Waals surface area contributed by atoms with E-state index in [4.69, 9.17) is 0 Å². The lowest BCUT2D eigenvalue weighted by molar-refractivity contribution is 0.500. The topological polar surface area (TPSA) is 68.5 Å². The Morgan fingerprint density at radius 1 is 1.29 bits per heavy atom. The third kappa shape index (κ3) is 2.17. The Kier molecular flexibility index (Phi) is 3.07. The van der Waals surface area contributed by atoms with E-state index in [2.05, 4.69) is 37.0 Å². The van der Waals surface area contributed by atoms with Crippen molar-refractivity contribution in [3.8, 4) is 0 Å². The Morgan fingerprint density at radius 3 is 3.19 bits per heavy atom. The molecule has 3 aromatic heterocycles. The maximum atomic E-state index is 4.37. The van der Waals surface area contributed by atoms with Crippen LogP contribution in [0.25, 0.3) is 10.2 Å². The number of anilines is 1. The number of hydrogen-bond donors (Lipinski definition) is 1. The SMILES string of the molecule is CC(Nc1ncnc2sccc12)c1nnc2n1CCCC2. The van der Waals surface area contributed by atoms with Crippen molar-refractivity contribution in [3.63, 3.8) is 0 Å². The highest BCUT2D eigenvalue weighted by Gasteiger charge is 2.20. The van der Waals surface area contributed by atoms with Crippen molar-refractivity contribution in [1.29, 1.82) is 0 Å². The number of aromatic nitrogens is 5. The maximum Gasteiger partial charge on any atom is 0.155 e. The lowest BCUT2D eigenvalue weighted by Gasteiger charge is -2.19. The van der Waals surface area contributed by atoms with Gasteiger partial charge in [-0.2, -0.15) is 0 Å². The minimum Gasteiger partial charge on any atom is -0.360 e. The van der Waals surface area contributed by atoms with Crippen LogP contribution in [-0.4, -0.2) is 24.7 Å². The minimum absolute atomic E-state index is 0.0716. The summed E-state index contributed by atoms with van der Waals surface area (Å²) in [5, 5.41) is 15.2. The zero-order valence-electron chi connectivity index (χ0n) is 11.8. The van der Waals surface area contributed by atoms with Crippen LogP contribution in [0, 0.1) is 0 Å². The molecule has 0 spiro atoms. The van der Waals surface area contributed by atoms with Gasteiger partial charge in [0, 0.05) is 13.0 Å². The first-order chi connectivity index (χ1) is 10.3. The molecule has 1 N–H and O–H groups in total. The van der Waals surface area contributed by atoms with E-state index in [1.165, 1.54) is 12.8 Å². The van der Waals surface area contributed by atoms with Crippen LogP contribution in [0.2, 0.25) is 0 Å². The summed E-state index contributed by atoms with van der Waals surface area (Å²) < 4.78 is 2.24. The largest absolute Gasteiger partial charge is 0.360 e. The highest BCUT2D eigenvalue weighted by molar-refractivity contribution is 7.16. The van der Waals surface area contributed by atoms with Gasteiger partial charge in [0.25, 0.3) is 0 Å². The quantitative estimate of drug-likeness (QED) is 0.805. The molecule has 108 valence electrons. The number of fused-ring (bicyclic) bond motifs is 2. The third-order valence-corrected chi connectivity index (χ3v) is 4.71. The van der Waals surface area contributed by atoms with E-state index in [1.807, 2.05) is 11.4 Å². The standard InChI is InChI=1S/C14H16N6S/c1-9(13-19-18-11-4-2-3-6-20(11)13)17-12-10-5-7-21-14(10)16-8-15-12/h5,7-9H,2-4,6H2,1H3,(H,15,16,17). The van der Waals surface area contributed by atoms with E-state index in [0.717, 1.165) is 40.6 Å². The summed E-state index contributed by atoms with van der Waals surface area (Å²) in [5.74, 6) is 2.96. The Bertz CT molecular complexity index is 777. The summed E-state index contributed by atoms with van der Waals surface area (Å²) in [6.45, 7) is 3.12. The molecule has 0 aromatic carbocycles. The van der Waals surface area contributed by atoms with E-state index in [0.29, 0.717) is 0 Å². The smallest absolute Gasteiger partial charge is 0.155 e. The first-order valence-corrected chi connectivity index (χ1v) is 8.07. The molecular weight excluding hydrogens is 284 g/mol. The van der Waals surface area contributed by atoms with Crippen molar-refractivity contribution >= 4 is 27.4 Å². The molecule has 0 saturated carbocycles. The fraction of sp³-hybridized carbons (Fsp3) is 0.429. The Labute approximate surface area is 126 Å². The van der Waals surface area contributed by atoms with Gasteiger partial charge in [-0.3, -0.25) is 0 Å². The van der Waals surface area contributed by atoms with Gasteiger partial charge in [-0.05, 0) is 31.2 Å². The van der Waals surface area contributed by atoms with Gasteiger partial charge in [-0.15, -0.1) is 21.5 Å². The van der Waals surface area contributed by atoms with Gasteiger partial charge in [0.2, 0.25) is 0 Å². The van der Waals surface area contributed by atoms with Crippen molar-refractivity contribution in [3.05, 3.63) is 29.4 Å². The van der Waals surface area contributed by atoms with Crippen LogP contribution in [0.3, 0.4) is 0 Å². The molecule has 4 heterocycles. The average Bonchev–Trinajstić information content (AvgIpc) is 3.14. The summed E-state index contributed by atoms with van der Waals surface area (Å²) in [7, 11) is 0. The van der Waals surface area contributed by atoms with Crippen molar-refractivity contribution in [2.24, 2.45) is 0 Å². The van der Waals surface area contributed by atoms with Gasteiger partial charge in [-0.25, -0.2) is 9.97 Å². The predicted octanol–water partition coefficient (Wildman–Crippen LogP) is 2.79. The number of hydrogen-bond acceptors (Lipinski definition) is 6. The van der Waals surface area contributed by atoms with Gasteiger partial charge in [0.15, 0.2) is 5.82 Å². The number of nitrogens with one attached hydrogen (secondary N) is 1. The van der Waals surface area contributed by atoms with Crippen LogP contribution in [0.1, 0.15) is 37.5 Å². The minimum atomic E-state index is 0.0716. The number of thiophene rings is 1. The first kappa shape index (κ1) is 12.7. The van der Waals surface area contributed by atoms with Crippen molar-refractivity contribution in [2.45, 2.75) is 38.8 Å². The van der Waals surface area contributed by atoms with Crippen LogP contribution in [0.4, 0.5) is 5.82 Å². The molecule has 0 bridgehead atoms. The van der Waals surface area contributed by atoms with Crippen LogP contribution in [0.5, 0.6) is 0 Å². The summed E-state index contributed by atoms with van der Waals surface area (Å²) in [6, 6.07) is 2.12. The Hall–Kier alpha value is -2.02. The normalized spacial score (nSPS) is 15.9. The second-order valence-corrected chi connectivity index (χ2v) is 6.21. The van der Waals surface area contributed by atoms with E-state index < -0.39 is 0 Å². The molecule has 0 radical (unpaired) electrons. The Morgan fingerprint density at radius 2 is 2.24 bits per heavy atom. The molecule has 6 nitrogen and oxygen atoms in total. The molecule has 7 heteroatoms. The molecule has 0 aliphatic carbocycles. The van der Waals surface area contributed by atoms with Crippen molar-refractivity contribution < 1.29 is 0 Å². The Balaban J connectivity index is 1.65. The molecule has 0 saturated heterocycles. The predicted molar refractivity (Wildman–Crippen MR) is 82.4 cm³/mol. The highest BCUT2D eigenvalue weighted by Crippen LogP contribution is 2.27. The number of aryl methyl sites for hydroxylation is 1. The van der Waals surface area contributed by atoms with Crippen LogP contribution < -0.4 is 5.32 Å². The molecule has 1 aliphatic rings. The zero-order valence-corrected chi connectivity index (χ0v) is 12.6. The number of nitrogens with zero attached hydrogens (tertiary/aromatic N) is 5. The monoisotopic (exact) mass is 300 g/mol. The molecule has 0 fully saturated rings. The van der Waals surface area contributed by atoms with Gasteiger partial charge in [0.05, 0.1) is 11.4 Å². The first-order valence-electron chi connectivity index (χ1n) is 7.19. The number of rotatable bonds is 3. The second kappa shape index (κ2) is 5.07. The maximum absolute atomic E-state index is 4.37.